The molecule has 5 aromatic rings. The van der Waals surface area contributed by atoms with Gasteiger partial charge in [-0.1, -0.05) is 70.0 Å². The minimum Gasteiger partial charge on any atom is -0.454 e. The van der Waals surface area contributed by atoms with Crippen molar-refractivity contribution >= 4 is 50.1 Å². The first-order valence-electron chi connectivity index (χ1n) is 12.2. The number of hydrogen-bond acceptors (Lipinski definition) is 6. The molecule has 0 amide bonds. The van der Waals surface area contributed by atoms with Crippen LogP contribution in [0.1, 0.15) is 23.6 Å². The van der Waals surface area contributed by atoms with E-state index in [-0.39, 0.29) is 12.8 Å². The summed E-state index contributed by atoms with van der Waals surface area (Å²) in [5, 5.41) is 8.56. The number of rotatable bonds is 4. The van der Waals surface area contributed by atoms with Gasteiger partial charge in [0, 0.05) is 32.4 Å². The average Bonchev–Trinajstić information content (AvgIpc) is 3.60. The molecule has 0 fully saturated rings. The monoisotopic (exact) mass is 582 g/mol. The van der Waals surface area contributed by atoms with Gasteiger partial charge in [0.15, 0.2) is 11.5 Å². The molecule has 0 saturated carbocycles. The standard InChI is InChI=1S/C30H20BrClN4O2/c31-21-8-4-7-20(13-21)26-16-25(19-9-12-27-28(14-19)38-17-37-27)35-36(26)30-33-24-11-10-22(32)15-23(24)29(34-30)18-5-2-1-3-6-18/h1-15,26H,16-17H2/t26-/m0/s1. The molecule has 2 aliphatic rings. The van der Waals surface area contributed by atoms with Crippen molar-refractivity contribution in [1.29, 1.82) is 0 Å². The molecule has 1 atom stereocenters. The first-order valence-corrected chi connectivity index (χ1v) is 13.3. The molecule has 3 heterocycles. The maximum absolute atomic E-state index is 6.38. The summed E-state index contributed by atoms with van der Waals surface area (Å²) in [5.74, 6) is 2.00. The van der Waals surface area contributed by atoms with Crippen molar-refractivity contribution in [3.05, 3.63) is 112 Å². The summed E-state index contributed by atoms with van der Waals surface area (Å²) in [5.41, 5.74) is 5.62. The fraction of sp³-hybridized carbons (Fsp3) is 0.100. The highest BCUT2D eigenvalue weighted by molar-refractivity contribution is 9.10. The second kappa shape index (κ2) is 9.42. The van der Waals surface area contributed by atoms with Crippen molar-refractivity contribution in [2.24, 2.45) is 5.10 Å². The summed E-state index contributed by atoms with van der Waals surface area (Å²) < 4.78 is 12.1. The van der Waals surface area contributed by atoms with Crippen LogP contribution in [0.5, 0.6) is 11.5 Å². The lowest BCUT2D eigenvalue weighted by Crippen LogP contribution is -2.21. The van der Waals surface area contributed by atoms with Crippen LogP contribution < -0.4 is 14.5 Å². The van der Waals surface area contributed by atoms with Gasteiger partial charge in [0.2, 0.25) is 12.7 Å². The van der Waals surface area contributed by atoms with E-state index in [2.05, 4.69) is 28.1 Å². The van der Waals surface area contributed by atoms with Crippen LogP contribution in [0.3, 0.4) is 0 Å². The van der Waals surface area contributed by atoms with Crippen LogP contribution in [-0.2, 0) is 0 Å². The highest BCUT2D eigenvalue weighted by Gasteiger charge is 2.33. The number of halogens is 2. The second-order valence-corrected chi connectivity index (χ2v) is 10.5. The molecule has 38 heavy (non-hydrogen) atoms. The Hall–Kier alpha value is -3.94. The molecule has 2 aliphatic heterocycles. The molecular formula is C30H20BrClN4O2. The summed E-state index contributed by atoms with van der Waals surface area (Å²) in [7, 11) is 0. The molecule has 0 saturated heterocycles. The number of nitrogens with zero attached hydrogens (tertiary/aromatic N) is 4. The summed E-state index contributed by atoms with van der Waals surface area (Å²) in [6.45, 7) is 0.231. The van der Waals surface area contributed by atoms with E-state index in [1.165, 1.54) is 0 Å². The number of anilines is 1. The van der Waals surface area contributed by atoms with Gasteiger partial charge in [-0.25, -0.2) is 15.0 Å². The summed E-state index contributed by atoms with van der Waals surface area (Å²) in [6.07, 6.45) is 0.679. The molecule has 1 aromatic heterocycles. The highest BCUT2D eigenvalue weighted by atomic mass is 79.9. The zero-order chi connectivity index (χ0) is 25.6. The van der Waals surface area contributed by atoms with Crippen LogP contribution in [0.25, 0.3) is 22.2 Å². The van der Waals surface area contributed by atoms with E-state index in [1.54, 1.807) is 0 Å². The van der Waals surface area contributed by atoms with E-state index in [4.69, 9.17) is 36.1 Å². The molecule has 0 N–H and O–H groups in total. The van der Waals surface area contributed by atoms with Crippen molar-refractivity contribution in [2.45, 2.75) is 12.5 Å². The van der Waals surface area contributed by atoms with Gasteiger partial charge in [0.25, 0.3) is 0 Å². The maximum atomic E-state index is 6.38. The first-order chi connectivity index (χ1) is 18.6. The molecule has 0 spiro atoms. The Morgan fingerprint density at radius 1 is 0.816 bits per heavy atom. The molecule has 0 radical (unpaired) electrons. The van der Waals surface area contributed by atoms with E-state index >= 15 is 0 Å². The Kier molecular flexibility index (Phi) is 5.75. The zero-order valence-electron chi connectivity index (χ0n) is 20.0. The van der Waals surface area contributed by atoms with Gasteiger partial charge in [-0.2, -0.15) is 5.10 Å². The number of benzene rings is 4. The third-order valence-electron chi connectivity index (χ3n) is 6.75. The third-order valence-corrected chi connectivity index (χ3v) is 7.48. The molecule has 4 aromatic carbocycles. The van der Waals surface area contributed by atoms with Crippen molar-refractivity contribution in [3.63, 3.8) is 0 Å². The van der Waals surface area contributed by atoms with E-state index in [1.807, 2.05) is 83.9 Å². The van der Waals surface area contributed by atoms with Gasteiger partial charge in [0.1, 0.15) is 0 Å². The van der Waals surface area contributed by atoms with Gasteiger partial charge in [-0.15, -0.1) is 0 Å². The number of hydrazone groups is 1. The lowest BCUT2D eigenvalue weighted by atomic mass is 9.98. The Labute approximate surface area is 232 Å². The Balaban J connectivity index is 1.40. The molecule has 0 unspecified atom stereocenters. The van der Waals surface area contributed by atoms with Gasteiger partial charge in [0.05, 0.1) is 23.0 Å². The van der Waals surface area contributed by atoms with Gasteiger partial charge in [-0.05, 0) is 54.1 Å². The highest BCUT2D eigenvalue weighted by Crippen LogP contribution is 2.40. The lowest BCUT2D eigenvalue weighted by molar-refractivity contribution is 0.174. The van der Waals surface area contributed by atoms with E-state index in [9.17, 15) is 0 Å². The van der Waals surface area contributed by atoms with E-state index in [0.29, 0.717) is 17.4 Å². The minimum atomic E-state index is -0.0960. The number of ether oxygens (including phenoxy) is 2. The fourth-order valence-corrected chi connectivity index (χ4v) is 5.51. The summed E-state index contributed by atoms with van der Waals surface area (Å²) in [6, 6.07) is 29.9. The first kappa shape index (κ1) is 23.2. The normalized spacial score (nSPS) is 16.2. The van der Waals surface area contributed by atoms with Crippen LogP contribution in [0, 0.1) is 0 Å². The van der Waals surface area contributed by atoms with Crippen LogP contribution in [-0.4, -0.2) is 22.5 Å². The van der Waals surface area contributed by atoms with Crippen LogP contribution in [0.15, 0.2) is 101 Å². The summed E-state index contributed by atoms with van der Waals surface area (Å²) in [4.78, 5) is 10.0. The van der Waals surface area contributed by atoms with E-state index in [0.717, 1.165) is 55.0 Å². The number of hydrogen-bond donors (Lipinski definition) is 0. The molecule has 6 nitrogen and oxygen atoms in total. The molecule has 186 valence electrons. The largest absolute Gasteiger partial charge is 0.454 e. The second-order valence-electron chi connectivity index (χ2n) is 9.13. The third kappa shape index (κ3) is 4.18. The molecule has 8 heteroatoms. The lowest BCUT2D eigenvalue weighted by Gasteiger charge is -2.23. The van der Waals surface area contributed by atoms with Crippen molar-refractivity contribution in [2.75, 3.05) is 11.8 Å². The SMILES string of the molecule is Clc1ccc2nc(N3N=C(c4ccc5c(c4)OCO5)C[C@H]3c3cccc(Br)c3)nc(-c3ccccc3)c2c1. The average molecular weight is 584 g/mol. The quantitative estimate of drug-likeness (QED) is 0.216. The van der Waals surface area contributed by atoms with Crippen molar-refractivity contribution in [3.8, 4) is 22.8 Å². The smallest absolute Gasteiger partial charge is 0.247 e. The van der Waals surface area contributed by atoms with E-state index < -0.39 is 0 Å². The Morgan fingerprint density at radius 3 is 2.55 bits per heavy atom. The molecule has 0 aliphatic carbocycles. The molecule has 7 rings (SSSR count). The zero-order valence-corrected chi connectivity index (χ0v) is 22.4. The molecule has 0 bridgehead atoms. The van der Waals surface area contributed by atoms with Crippen molar-refractivity contribution < 1.29 is 9.47 Å². The van der Waals surface area contributed by atoms with Gasteiger partial charge < -0.3 is 9.47 Å². The van der Waals surface area contributed by atoms with Crippen molar-refractivity contribution in [1.82, 2.24) is 9.97 Å². The maximum Gasteiger partial charge on any atom is 0.247 e. The number of aromatic nitrogens is 2. The predicted octanol–water partition coefficient (Wildman–Crippen LogP) is 7.80. The van der Waals surface area contributed by atoms with Crippen LogP contribution in [0.4, 0.5) is 5.95 Å². The fourth-order valence-electron chi connectivity index (χ4n) is 4.93. The van der Waals surface area contributed by atoms with Gasteiger partial charge in [-0.3, -0.25) is 0 Å². The van der Waals surface area contributed by atoms with Crippen LogP contribution >= 0.6 is 27.5 Å². The van der Waals surface area contributed by atoms with Gasteiger partial charge >= 0.3 is 0 Å². The summed E-state index contributed by atoms with van der Waals surface area (Å²) >= 11 is 10.0. The topological polar surface area (TPSA) is 59.8 Å². The minimum absolute atomic E-state index is 0.0960. The predicted molar refractivity (Wildman–Crippen MR) is 153 cm³/mol. The Bertz CT molecular complexity index is 1730. The number of fused-ring (bicyclic) bond motifs is 2. The van der Waals surface area contributed by atoms with Crippen LogP contribution in [0.2, 0.25) is 5.02 Å². The Morgan fingerprint density at radius 2 is 1.68 bits per heavy atom. The molecular weight excluding hydrogens is 564 g/mol.